The van der Waals surface area contributed by atoms with Crippen molar-refractivity contribution in [2.24, 2.45) is 0 Å². The molecule has 1 amide bonds. The number of halogens is 1. The summed E-state index contributed by atoms with van der Waals surface area (Å²) in [5, 5.41) is 0.753. The molecular formula is C26H24ClN3O3S. The predicted molar refractivity (Wildman–Crippen MR) is 138 cm³/mol. The monoisotopic (exact) mass is 493 g/mol. The van der Waals surface area contributed by atoms with Crippen molar-refractivity contribution in [2.45, 2.75) is 20.8 Å². The summed E-state index contributed by atoms with van der Waals surface area (Å²) in [6.07, 6.45) is 1.78. The van der Waals surface area contributed by atoms with E-state index < -0.39 is 5.97 Å². The van der Waals surface area contributed by atoms with Crippen LogP contribution in [0.4, 0.5) is 5.69 Å². The fourth-order valence-corrected chi connectivity index (χ4v) is 4.49. The third-order valence-corrected chi connectivity index (χ3v) is 6.44. The molecular weight excluding hydrogens is 470 g/mol. The van der Waals surface area contributed by atoms with E-state index in [-0.39, 0.29) is 17.6 Å². The number of rotatable bonds is 5. The van der Waals surface area contributed by atoms with Crippen molar-refractivity contribution in [3.63, 3.8) is 0 Å². The number of anilines is 1. The number of benzene rings is 2. The quantitative estimate of drug-likeness (QED) is 0.277. The van der Waals surface area contributed by atoms with E-state index in [1.165, 1.54) is 22.5 Å². The highest BCUT2D eigenvalue weighted by molar-refractivity contribution is 7.80. The van der Waals surface area contributed by atoms with Crippen LogP contribution in [-0.4, -0.2) is 40.1 Å². The molecule has 174 valence electrons. The number of ether oxygens (including phenoxy) is 1. The number of amides is 1. The molecule has 1 fully saturated rings. The lowest BCUT2D eigenvalue weighted by Crippen LogP contribution is -2.35. The number of hydrogen-bond donors (Lipinski definition) is 0. The number of hydrogen-bond acceptors (Lipinski definition) is 4. The molecule has 0 bridgehead atoms. The lowest BCUT2D eigenvalue weighted by atomic mass is 10.2. The predicted octanol–water partition coefficient (Wildman–Crippen LogP) is 5.20. The lowest BCUT2D eigenvalue weighted by molar-refractivity contribution is -0.140. The molecule has 0 spiro atoms. The van der Waals surface area contributed by atoms with Crippen molar-refractivity contribution in [1.29, 1.82) is 0 Å². The SMILES string of the molecule is COC(=O)CN1C(=S)N(c2ccc(Cl)cc2)C(=O)/C1=C/c1cc(C)n(-c2ccc(C)cc2)c1C. The zero-order valence-electron chi connectivity index (χ0n) is 19.3. The maximum Gasteiger partial charge on any atom is 0.325 e. The number of nitrogens with zero attached hydrogens (tertiary/aromatic N) is 3. The first-order valence-electron chi connectivity index (χ1n) is 10.7. The van der Waals surface area contributed by atoms with Gasteiger partial charge in [-0.3, -0.25) is 14.5 Å². The van der Waals surface area contributed by atoms with E-state index in [0.29, 0.717) is 16.4 Å². The van der Waals surface area contributed by atoms with Gasteiger partial charge >= 0.3 is 5.97 Å². The van der Waals surface area contributed by atoms with Gasteiger partial charge in [0.05, 0.1) is 12.8 Å². The first-order valence-corrected chi connectivity index (χ1v) is 11.5. The molecule has 34 heavy (non-hydrogen) atoms. The zero-order valence-corrected chi connectivity index (χ0v) is 20.9. The lowest BCUT2D eigenvalue weighted by Gasteiger charge is -2.19. The maximum absolute atomic E-state index is 13.5. The molecule has 1 aromatic heterocycles. The Kier molecular flexibility index (Phi) is 6.59. The largest absolute Gasteiger partial charge is 0.468 e. The summed E-state index contributed by atoms with van der Waals surface area (Å²) >= 11 is 11.6. The van der Waals surface area contributed by atoms with E-state index in [9.17, 15) is 9.59 Å². The zero-order chi connectivity index (χ0) is 24.6. The molecule has 0 saturated carbocycles. The number of esters is 1. The van der Waals surface area contributed by atoms with Gasteiger partial charge in [-0.05, 0) is 87.1 Å². The van der Waals surface area contributed by atoms with Crippen LogP contribution in [0.1, 0.15) is 22.5 Å². The average Bonchev–Trinajstić information content (AvgIpc) is 3.22. The fraction of sp³-hybridized carbons (Fsp3) is 0.192. The Balaban J connectivity index is 1.79. The number of thiocarbonyl (C=S) groups is 1. The van der Waals surface area contributed by atoms with Crippen molar-refractivity contribution >= 4 is 52.6 Å². The summed E-state index contributed by atoms with van der Waals surface area (Å²) in [7, 11) is 1.30. The van der Waals surface area contributed by atoms with E-state index in [0.717, 1.165) is 22.6 Å². The Hall–Kier alpha value is -3.42. The van der Waals surface area contributed by atoms with Crippen LogP contribution in [0.25, 0.3) is 11.8 Å². The maximum atomic E-state index is 13.5. The molecule has 1 saturated heterocycles. The molecule has 3 aromatic rings. The van der Waals surface area contributed by atoms with Gasteiger partial charge in [-0.2, -0.15) is 0 Å². The molecule has 1 aliphatic heterocycles. The first-order chi connectivity index (χ1) is 16.2. The van der Waals surface area contributed by atoms with Crippen LogP contribution in [-0.2, 0) is 14.3 Å². The number of aromatic nitrogens is 1. The van der Waals surface area contributed by atoms with Crippen LogP contribution in [0.2, 0.25) is 5.02 Å². The second-order valence-corrected chi connectivity index (χ2v) is 8.89. The molecule has 0 aliphatic carbocycles. The van der Waals surface area contributed by atoms with Gasteiger partial charge < -0.3 is 14.2 Å². The van der Waals surface area contributed by atoms with E-state index >= 15 is 0 Å². The van der Waals surface area contributed by atoms with Gasteiger partial charge in [-0.25, -0.2) is 0 Å². The molecule has 1 aliphatic rings. The number of aryl methyl sites for hydroxylation is 2. The molecule has 2 heterocycles. The van der Waals surface area contributed by atoms with Gasteiger partial charge in [0, 0.05) is 22.1 Å². The van der Waals surface area contributed by atoms with Crippen molar-refractivity contribution in [1.82, 2.24) is 9.47 Å². The number of carbonyl (C=O) groups excluding carboxylic acids is 2. The van der Waals surface area contributed by atoms with Crippen LogP contribution < -0.4 is 4.90 Å². The Morgan fingerprint density at radius 2 is 1.65 bits per heavy atom. The molecule has 2 aromatic carbocycles. The molecule has 0 unspecified atom stereocenters. The summed E-state index contributed by atoms with van der Waals surface area (Å²) in [6.45, 7) is 5.89. The summed E-state index contributed by atoms with van der Waals surface area (Å²) in [4.78, 5) is 28.6. The standard InChI is InChI=1S/C26H24ClN3O3S/c1-16-5-9-21(10-6-16)29-17(2)13-19(18(29)3)14-23-25(32)30(22-11-7-20(27)8-12-22)26(34)28(23)15-24(31)33-4/h5-14H,15H2,1-4H3/b23-14-. The molecule has 0 N–H and O–H groups in total. The second-order valence-electron chi connectivity index (χ2n) is 8.09. The van der Waals surface area contributed by atoms with Crippen LogP contribution in [0.5, 0.6) is 0 Å². The Bertz CT molecular complexity index is 1310. The highest BCUT2D eigenvalue weighted by Gasteiger charge is 2.40. The normalized spacial score (nSPS) is 14.9. The first kappa shape index (κ1) is 23.7. The van der Waals surface area contributed by atoms with Crippen LogP contribution in [0.15, 0.2) is 60.3 Å². The fourth-order valence-electron chi connectivity index (χ4n) is 4.02. The van der Waals surface area contributed by atoms with Crippen molar-refractivity contribution in [3.8, 4) is 5.69 Å². The summed E-state index contributed by atoms with van der Waals surface area (Å²) in [5.74, 6) is -0.819. The topological polar surface area (TPSA) is 54.8 Å². The summed E-state index contributed by atoms with van der Waals surface area (Å²) in [5.41, 5.74) is 5.94. The average molecular weight is 494 g/mol. The van der Waals surface area contributed by atoms with Gasteiger partial charge in [0.2, 0.25) is 0 Å². The summed E-state index contributed by atoms with van der Waals surface area (Å²) < 4.78 is 6.98. The molecule has 0 atom stereocenters. The minimum Gasteiger partial charge on any atom is -0.468 e. The number of methoxy groups -OCH3 is 1. The van der Waals surface area contributed by atoms with Gasteiger partial charge in [0.15, 0.2) is 5.11 Å². The van der Waals surface area contributed by atoms with Gasteiger partial charge in [-0.1, -0.05) is 29.3 Å². The Morgan fingerprint density at radius 3 is 2.26 bits per heavy atom. The minimum absolute atomic E-state index is 0.173. The second kappa shape index (κ2) is 9.44. The van der Waals surface area contributed by atoms with Crippen molar-refractivity contribution in [2.75, 3.05) is 18.6 Å². The Morgan fingerprint density at radius 1 is 1.03 bits per heavy atom. The third kappa shape index (κ3) is 4.36. The van der Waals surface area contributed by atoms with E-state index in [1.807, 2.05) is 26.8 Å². The van der Waals surface area contributed by atoms with Gasteiger partial charge in [0.1, 0.15) is 12.2 Å². The van der Waals surface area contributed by atoms with Crippen LogP contribution >= 0.6 is 23.8 Å². The highest BCUT2D eigenvalue weighted by Crippen LogP contribution is 2.31. The molecule has 6 nitrogen and oxygen atoms in total. The minimum atomic E-state index is -0.496. The highest BCUT2D eigenvalue weighted by atomic mass is 35.5. The smallest absolute Gasteiger partial charge is 0.325 e. The number of carbonyl (C=O) groups is 2. The van der Waals surface area contributed by atoms with E-state index in [1.54, 1.807) is 30.3 Å². The van der Waals surface area contributed by atoms with Crippen molar-refractivity contribution in [3.05, 3.63) is 87.8 Å². The summed E-state index contributed by atoms with van der Waals surface area (Å²) in [6, 6.07) is 17.1. The van der Waals surface area contributed by atoms with Crippen LogP contribution in [0.3, 0.4) is 0 Å². The van der Waals surface area contributed by atoms with E-state index in [2.05, 4.69) is 28.8 Å². The van der Waals surface area contributed by atoms with Gasteiger partial charge in [-0.15, -0.1) is 0 Å². The Labute approximate surface area is 209 Å². The van der Waals surface area contributed by atoms with Crippen molar-refractivity contribution < 1.29 is 14.3 Å². The van der Waals surface area contributed by atoms with Crippen LogP contribution in [0, 0.1) is 20.8 Å². The van der Waals surface area contributed by atoms with Gasteiger partial charge in [0.25, 0.3) is 5.91 Å². The van der Waals surface area contributed by atoms with E-state index in [4.69, 9.17) is 28.6 Å². The molecule has 8 heteroatoms. The molecule has 4 rings (SSSR count). The molecule has 0 radical (unpaired) electrons. The third-order valence-electron chi connectivity index (χ3n) is 5.79.